The molecule has 0 fully saturated rings. The molecule has 3 aliphatic rings. The van der Waals surface area contributed by atoms with Gasteiger partial charge in [-0.15, -0.1) is 0 Å². The molecule has 2 atom stereocenters. The monoisotopic (exact) mass is 311 g/mol. The van der Waals surface area contributed by atoms with Crippen LogP contribution in [0.1, 0.15) is 12.8 Å². The summed E-state index contributed by atoms with van der Waals surface area (Å²) in [4.78, 5) is 13.6. The third-order valence-corrected chi connectivity index (χ3v) is 4.98. The molecule has 0 spiro atoms. The van der Waals surface area contributed by atoms with E-state index in [0.717, 1.165) is 22.1 Å². The van der Waals surface area contributed by atoms with Crippen LogP contribution in [-0.2, 0) is 0 Å². The van der Waals surface area contributed by atoms with Crippen molar-refractivity contribution in [1.29, 1.82) is 0 Å². The quantitative estimate of drug-likeness (QED) is 0.641. The summed E-state index contributed by atoms with van der Waals surface area (Å²) in [7, 11) is 0. The Kier molecular flexibility index (Phi) is 2.79. The van der Waals surface area contributed by atoms with E-state index >= 15 is 0 Å². The summed E-state index contributed by atoms with van der Waals surface area (Å²) in [6.45, 7) is 0. The fourth-order valence-corrected chi connectivity index (χ4v) is 4.27. The maximum atomic E-state index is 14.0. The number of rotatable bonds is 0. The average Bonchev–Trinajstić information content (AvgIpc) is 2.53. The average molecular weight is 311 g/mol. The number of nitrogens with zero attached hydrogens (tertiary/aromatic N) is 1. The second-order valence-electron chi connectivity index (χ2n) is 4.18. The van der Waals surface area contributed by atoms with Gasteiger partial charge in [-0.1, -0.05) is 0 Å². The number of hydrogen-bond acceptors (Lipinski definition) is 2. The van der Waals surface area contributed by atoms with E-state index in [-0.39, 0.29) is 17.1 Å². The molecule has 2 heterocycles. The van der Waals surface area contributed by atoms with Gasteiger partial charge in [0.1, 0.15) is 0 Å². The molecule has 0 saturated heterocycles. The number of hydrogen-bond donors (Lipinski definition) is 0. The van der Waals surface area contributed by atoms with E-state index in [0.29, 0.717) is 5.70 Å². The topological polar surface area (TPSA) is 20.3 Å². The standard InChI is InChI=1S/C12H11AsFNOS/c13-10-6-8-5-7-3-1-2-4-9(14)11(7)15(8)12(16)17-10/h1-2,4,6,8H,3,5,13H2. The van der Waals surface area contributed by atoms with Gasteiger partial charge in [-0.25, -0.2) is 0 Å². The Hall–Kier alpha value is -0.732. The van der Waals surface area contributed by atoms with Gasteiger partial charge in [0.15, 0.2) is 0 Å². The molecule has 5 heteroatoms. The van der Waals surface area contributed by atoms with Gasteiger partial charge >= 0.3 is 112 Å². The first kappa shape index (κ1) is 11.4. The van der Waals surface area contributed by atoms with Crippen molar-refractivity contribution in [2.45, 2.75) is 18.9 Å². The summed E-state index contributed by atoms with van der Waals surface area (Å²) in [5, 5.41) is -0.0488. The predicted molar refractivity (Wildman–Crippen MR) is 69.8 cm³/mol. The van der Waals surface area contributed by atoms with Crippen molar-refractivity contribution in [2.24, 2.45) is 0 Å². The first-order valence-corrected chi connectivity index (χ1v) is 7.42. The van der Waals surface area contributed by atoms with Gasteiger partial charge in [-0.3, -0.25) is 0 Å². The van der Waals surface area contributed by atoms with Crippen LogP contribution >= 0.6 is 11.8 Å². The minimum atomic E-state index is -0.288. The first-order chi connectivity index (χ1) is 8.16. The fraction of sp³-hybridized carbons (Fsp3) is 0.250. The molecule has 17 heavy (non-hydrogen) atoms. The van der Waals surface area contributed by atoms with Crippen molar-refractivity contribution in [3.8, 4) is 0 Å². The van der Waals surface area contributed by atoms with Crippen LogP contribution in [-0.4, -0.2) is 33.0 Å². The summed E-state index contributed by atoms with van der Waals surface area (Å²) in [5.74, 6) is -0.288. The molecule has 2 unspecified atom stereocenters. The Labute approximate surface area is 112 Å². The second kappa shape index (κ2) is 4.18. The van der Waals surface area contributed by atoms with Gasteiger partial charge < -0.3 is 0 Å². The summed E-state index contributed by atoms with van der Waals surface area (Å²) in [5.41, 5.74) is 1.54. The Morgan fingerprint density at radius 1 is 1.53 bits per heavy atom. The van der Waals surface area contributed by atoms with Crippen molar-refractivity contribution in [3.63, 3.8) is 0 Å². The van der Waals surface area contributed by atoms with Crippen LogP contribution in [0.4, 0.5) is 9.18 Å². The maximum absolute atomic E-state index is 14.0. The molecular weight excluding hydrogens is 300 g/mol. The second-order valence-corrected chi connectivity index (χ2v) is 7.39. The zero-order valence-corrected chi connectivity index (χ0v) is 12.3. The van der Waals surface area contributed by atoms with Crippen molar-refractivity contribution in [3.05, 3.63) is 45.1 Å². The zero-order valence-electron chi connectivity index (χ0n) is 9.02. The van der Waals surface area contributed by atoms with Gasteiger partial charge in [0, 0.05) is 0 Å². The molecule has 0 bridgehead atoms. The van der Waals surface area contributed by atoms with Crippen molar-refractivity contribution in [2.75, 3.05) is 0 Å². The normalized spacial score (nSPS) is 27.5. The molecule has 1 aliphatic carbocycles. The van der Waals surface area contributed by atoms with Crippen LogP contribution in [0.25, 0.3) is 0 Å². The molecule has 3 rings (SSSR count). The Morgan fingerprint density at radius 2 is 2.35 bits per heavy atom. The number of carbonyl (C=O) groups is 1. The number of thioether (sulfide) groups is 1. The third kappa shape index (κ3) is 1.84. The molecule has 0 saturated carbocycles. The van der Waals surface area contributed by atoms with Gasteiger partial charge in [-0.05, 0) is 0 Å². The van der Waals surface area contributed by atoms with Gasteiger partial charge in [0.2, 0.25) is 0 Å². The Morgan fingerprint density at radius 3 is 3.18 bits per heavy atom. The van der Waals surface area contributed by atoms with E-state index < -0.39 is 0 Å². The molecule has 0 aromatic rings. The van der Waals surface area contributed by atoms with Crippen molar-refractivity contribution < 1.29 is 9.18 Å². The number of amides is 1. The molecule has 0 radical (unpaired) electrons. The van der Waals surface area contributed by atoms with E-state index in [1.807, 2.05) is 6.08 Å². The van der Waals surface area contributed by atoms with Crippen LogP contribution < -0.4 is 0 Å². The Balaban J connectivity index is 2.06. The first-order valence-electron chi connectivity index (χ1n) is 5.40. The number of halogens is 1. The van der Waals surface area contributed by atoms with Gasteiger partial charge in [0.05, 0.1) is 0 Å². The third-order valence-electron chi connectivity index (χ3n) is 3.09. The SMILES string of the molecule is O=C1SC([AsH2])=CC2CC3=C(C(F)=CC=CC3)N12. The molecule has 2 aliphatic heterocycles. The Bertz CT molecular complexity index is 521. The summed E-state index contributed by atoms with van der Waals surface area (Å²) < 4.78 is 15.0. The van der Waals surface area contributed by atoms with Crippen LogP contribution in [0.2, 0.25) is 0 Å². The van der Waals surface area contributed by atoms with Crippen LogP contribution in [0.5, 0.6) is 0 Å². The van der Waals surface area contributed by atoms with Crippen molar-refractivity contribution >= 4 is 33.9 Å². The number of allylic oxidation sites excluding steroid dienone is 4. The summed E-state index contributed by atoms with van der Waals surface area (Å²) >= 11 is 2.67. The fourth-order valence-electron chi connectivity index (χ4n) is 2.42. The van der Waals surface area contributed by atoms with E-state index in [4.69, 9.17) is 0 Å². The molecule has 0 aromatic heterocycles. The molecule has 2 nitrogen and oxygen atoms in total. The van der Waals surface area contributed by atoms with Crippen molar-refractivity contribution in [1.82, 2.24) is 4.90 Å². The number of carbonyl (C=O) groups excluding carboxylic acids is 1. The van der Waals surface area contributed by atoms with E-state index in [1.54, 1.807) is 11.0 Å². The van der Waals surface area contributed by atoms with E-state index in [9.17, 15) is 9.18 Å². The predicted octanol–water partition coefficient (Wildman–Crippen LogP) is 2.47. The van der Waals surface area contributed by atoms with Crippen LogP contribution in [0, 0.1) is 0 Å². The summed E-state index contributed by atoms with van der Waals surface area (Å²) in [6.07, 6.45) is 8.69. The van der Waals surface area contributed by atoms with Gasteiger partial charge in [-0.2, -0.15) is 0 Å². The van der Waals surface area contributed by atoms with Gasteiger partial charge in [0.25, 0.3) is 0 Å². The van der Waals surface area contributed by atoms with E-state index in [1.165, 1.54) is 34.7 Å². The molecule has 1 amide bonds. The molecule has 0 aromatic carbocycles. The minimum absolute atomic E-state index is 0.0290. The molecule has 88 valence electrons. The van der Waals surface area contributed by atoms with Crippen LogP contribution in [0.3, 0.4) is 0 Å². The summed E-state index contributed by atoms with van der Waals surface area (Å²) in [6, 6.07) is 0.0290. The van der Waals surface area contributed by atoms with Crippen LogP contribution in [0.15, 0.2) is 45.1 Å². The zero-order chi connectivity index (χ0) is 12.0. The van der Waals surface area contributed by atoms with E-state index in [2.05, 4.69) is 6.08 Å². The molecule has 0 N–H and O–H groups in total. The number of fused-ring (bicyclic) bond motifs is 2. The molecular formula is C12H11AsFNOS.